The smallest absolute Gasteiger partial charge is 0.236 e. The number of carbonyl (C=O) groups is 1. The average molecular weight is 335 g/mol. The summed E-state index contributed by atoms with van der Waals surface area (Å²) in [5, 5.41) is 3.04. The van der Waals surface area contributed by atoms with Crippen molar-refractivity contribution >= 4 is 17.2 Å². The fourth-order valence-electron chi connectivity index (χ4n) is 2.34. The van der Waals surface area contributed by atoms with Gasteiger partial charge in [0.25, 0.3) is 0 Å². The summed E-state index contributed by atoms with van der Waals surface area (Å²) in [6.07, 6.45) is 0. The number of carbonyl (C=O) groups excluding carboxylic acids is 1. The fraction of sp³-hybridized carbons (Fsp3) is 0.412. The number of amides is 1. The van der Waals surface area contributed by atoms with E-state index >= 15 is 0 Å². The molecule has 1 aromatic carbocycles. The lowest BCUT2D eigenvalue weighted by Gasteiger charge is -2.27. The SMILES string of the molecule is Cc1nc(CN(C)CC(=O)N(C)C(C)c2ccc(F)cc2)cs1. The quantitative estimate of drug-likeness (QED) is 0.813. The maximum atomic E-state index is 13.0. The lowest BCUT2D eigenvalue weighted by atomic mass is 10.1. The largest absolute Gasteiger partial charge is 0.338 e. The van der Waals surface area contributed by atoms with E-state index in [0.717, 1.165) is 16.3 Å². The Balaban J connectivity index is 1.92. The summed E-state index contributed by atoms with van der Waals surface area (Å²) in [5.74, 6) is -0.246. The second-order valence-electron chi connectivity index (χ2n) is 5.76. The lowest BCUT2D eigenvalue weighted by Crippen LogP contribution is -2.37. The predicted molar refractivity (Wildman–Crippen MR) is 90.8 cm³/mol. The van der Waals surface area contributed by atoms with Crippen molar-refractivity contribution in [1.82, 2.24) is 14.8 Å². The van der Waals surface area contributed by atoms with E-state index in [4.69, 9.17) is 0 Å². The van der Waals surface area contributed by atoms with Crippen LogP contribution >= 0.6 is 11.3 Å². The Morgan fingerprint density at radius 2 is 1.96 bits per heavy atom. The second kappa shape index (κ2) is 7.66. The van der Waals surface area contributed by atoms with Crippen LogP contribution < -0.4 is 0 Å². The van der Waals surface area contributed by atoms with Gasteiger partial charge < -0.3 is 4.90 Å². The number of thiazole rings is 1. The van der Waals surface area contributed by atoms with Gasteiger partial charge in [-0.05, 0) is 38.6 Å². The van der Waals surface area contributed by atoms with Crippen molar-refractivity contribution in [2.75, 3.05) is 20.6 Å². The van der Waals surface area contributed by atoms with Crippen LogP contribution in [0.2, 0.25) is 0 Å². The molecule has 2 aromatic rings. The standard InChI is InChI=1S/C17H22FN3OS/c1-12(14-5-7-15(18)8-6-14)21(4)17(22)10-20(3)9-16-11-23-13(2)19-16/h5-8,11-12H,9-10H2,1-4H3. The van der Waals surface area contributed by atoms with Gasteiger partial charge in [-0.2, -0.15) is 0 Å². The zero-order valence-electron chi connectivity index (χ0n) is 13.9. The van der Waals surface area contributed by atoms with Crippen LogP contribution in [0.5, 0.6) is 0 Å². The number of benzene rings is 1. The zero-order valence-corrected chi connectivity index (χ0v) is 14.7. The molecule has 23 heavy (non-hydrogen) atoms. The van der Waals surface area contributed by atoms with Gasteiger partial charge in [0, 0.05) is 19.0 Å². The third-order valence-electron chi connectivity index (χ3n) is 3.83. The van der Waals surface area contributed by atoms with Crippen molar-refractivity contribution in [2.45, 2.75) is 26.4 Å². The van der Waals surface area contributed by atoms with Crippen molar-refractivity contribution in [2.24, 2.45) is 0 Å². The molecule has 1 unspecified atom stereocenters. The molecule has 6 heteroatoms. The number of halogens is 1. The molecule has 0 fully saturated rings. The minimum atomic E-state index is -0.270. The summed E-state index contributed by atoms with van der Waals surface area (Å²) in [4.78, 5) is 20.5. The van der Waals surface area contributed by atoms with Gasteiger partial charge in [-0.25, -0.2) is 9.37 Å². The van der Waals surface area contributed by atoms with Crippen molar-refractivity contribution in [1.29, 1.82) is 0 Å². The van der Waals surface area contributed by atoms with Gasteiger partial charge >= 0.3 is 0 Å². The number of hydrogen-bond acceptors (Lipinski definition) is 4. The van der Waals surface area contributed by atoms with E-state index in [9.17, 15) is 9.18 Å². The van der Waals surface area contributed by atoms with E-state index < -0.39 is 0 Å². The molecule has 0 aliphatic carbocycles. The minimum Gasteiger partial charge on any atom is -0.338 e. The Bertz CT molecular complexity index is 656. The number of hydrogen-bond donors (Lipinski definition) is 0. The Hall–Kier alpha value is -1.79. The van der Waals surface area contributed by atoms with Crippen molar-refractivity contribution in [3.8, 4) is 0 Å². The molecule has 1 heterocycles. The highest BCUT2D eigenvalue weighted by molar-refractivity contribution is 7.09. The normalized spacial score (nSPS) is 12.4. The van der Waals surface area contributed by atoms with Gasteiger partial charge in [-0.15, -0.1) is 11.3 Å². The first-order valence-corrected chi connectivity index (χ1v) is 8.35. The van der Waals surface area contributed by atoms with Crippen LogP contribution in [0.25, 0.3) is 0 Å². The molecule has 1 aromatic heterocycles. The molecule has 1 amide bonds. The maximum absolute atomic E-state index is 13.0. The van der Waals surface area contributed by atoms with Gasteiger partial charge in [-0.3, -0.25) is 9.69 Å². The molecule has 0 saturated carbocycles. The van der Waals surface area contributed by atoms with Crippen molar-refractivity contribution in [3.05, 3.63) is 51.7 Å². The maximum Gasteiger partial charge on any atom is 0.236 e. The van der Waals surface area contributed by atoms with Crippen LogP contribution in [0.4, 0.5) is 4.39 Å². The number of likely N-dealkylation sites (N-methyl/N-ethyl adjacent to an activating group) is 2. The van der Waals surface area contributed by atoms with Crippen molar-refractivity contribution in [3.63, 3.8) is 0 Å². The van der Waals surface area contributed by atoms with Gasteiger partial charge in [0.05, 0.1) is 23.3 Å². The molecule has 0 radical (unpaired) electrons. The molecule has 1 atom stereocenters. The molecule has 0 spiro atoms. The minimum absolute atomic E-state index is 0.0243. The van der Waals surface area contributed by atoms with Crippen LogP contribution in [0.15, 0.2) is 29.6 Å². The highest BCUT2D eigenvalue weighted by Crippen LogP contribution is 2.19. The first-order chi connectivity index (χ1) is 10.9. The van der Waals surface area contributed by atoms with Crippen LogP contribution in [0, 0.1) is 12.7 Å². The molecule has 0 aliphatic heterocycles. The molecule has 4 nitrogen and oxygen atoms in total. The average Bonchev–Trinajstić information content (AvgIpc) is 2.91. The topological polar surface area (TPSA) is 36.4 Å². The predicted octanol–water partition coefficient (Wildman–Crippen LogP) is 3.24. The molecular formula is C17H22FN3OS. The fourth-order valence-corrected chi connectivity index (χ4v) is 2.94. The molecular weight excluding hydrogens is 313 g/mol. The van der Waals surface area contributed by atoms with Crippen LogP contribution in [-0.2, 0) is 11.3 Å². The summed E-state index contributed by atoms with van der Waals surface area (Å²) in [7, 11) is 3.68. The molecule has 124 valence electrons. The van der Waals surface area contributed by atoms with Gasteiger partial charge in [0.2, 0.25) is 5.91 Å². The van der Waals surface area contributed by atoms with E-state index in [2.05, 4.69) is 4.98 Å². The van der Waals surface area contributed by atoms with Gasteiger partial charge in [-0.1, -0.05) is 12.1 Å². The van der Waals surface area contributed by atoms with E-state index in [1.807, 2.05) is 31.2 Å². The highest BCUT2D eigenvalue weighted by Gasteiger charge is 2.19. The first kappa shape index (κ1) is 17.6. The third-order valence-corrected chi connectivity index (χ3v) is 4.65. The van der Waals surface area contributed by atoms with E-state index in [1.165, 1.54) is 12.1 Å². The van der Waals surface area contributed by atoms with E-state index in [-0.39, 0.29) is 17.8 Å². The van der Waals surface area contributed by atoms with Crippen molar-refractivity contribution < 1.29 is 9.18 Å². The first-order valence-electron chi connectivity index (χ1n) is 7.47. The summed E-state index contributed by atoms with van der Waals surface area (Å²) in [5.41, 5.74) is 1.90. The van der Waals surface area contributed by atoms with Gasteiger partial charge in [0.15, 0.2) is 0 Å². The summed E-state index contributed by atoms with van der Waals surface area (Å²) >= 11 is 1.61. The van der Waals surface area contributed by atoms with E-state index in [0.29, 0.717) is 13.1 Å². The molecule has 0 saturated heterocycles. The summed E-state index contributed by atoms with van der Waals surface area (Å²) < 4.78 is 13.0. The summed E-state index contributed by atoms with van der Waals surface area (Å²) in [6, 6.07) is 6.16. The number of aromatic nitrogens is 1. The zero-order chi connectivity index (χ0) is 17.0. The molecule has 0 aliphatic rings. The molecule has 0 N–H and O–H groups in total. The third kappa shape index (κ3) is 4.84. The Morgan fingerprint density at radius 3 is 2.52 bits per heavy atom. The Kier molecular flexibility index (Phi) is 5.85. The van der Waals surface area contributed by atoms with E-state index in [1.54, 1.807) is 35.4 Å². The Morgan fingerprint density at radius 1 is 1.30 bits per heavy atom. The number of rotatable bonds is 6. The highest BCUT2D eigenvalue weighted by atomic mass is 32.1. The van der Waals surface area contributed by atoms with Crippen LogP contribution in [0.3, 0.4) is 0 Å². The molecule has 0 bridgehead atoms. The monoisotopic (exact) mass is 335 g/mol. The lowest BCUT2D eigenvalue weighted by molar-refractivity contribution is -0.132. The summed E-state index contributed by atoms with van der Waals surface area (Å²) in [6.45, 7) is 4.87. The Labute approximate surface area is 140 Å². The van der Waals surface area contributed by atoms with Crippen LogP contribution in [0.1, 0.15) is 29.2 Å². The number of aryl methyl sites for hydroxylation is 1. The molecule has 2 rings (SSSR count). The van der Waals surface area contributed by atoms with Crippen LogP contribution in [-0.4, -0.2) is 41.3 Å². The van der Waals surface area contributed by atoms with Gasteiger partial charge in [0.1, 0.15) is 5.82 Å². The second-order valence-corrected chi connectivity index (χ2v) is 6.82. The number of nitrogens with zero attached hydrogens (tertiary/aromatic N) is 3.